The van der Waals surface area contributed by atoms with E-state index in [0.717, 1.165) is 23.3 Å². The molecule has 2 aromatic rings. The van der Waals surface area contributed by atoms with Crippen molar-refractivity contribution < 1.29 is 4.74 Å². The Morgan fingerprint density at radius 1 is 1.22 bits per heavy atom. The summed E-state index contributed by atoms with van der Waals surface area (Å²) in [7, 11) is 1.63. The van der Waals surface area contributed by atoms with Gasteiger partial charge in [-0.05, 0) is 23.6 Å². The summed E-state index contributed by atoms with van der Waals surface area (Å²) in [6.07, 6.45) is 4.46. The van der Waals surface area contributed by atoms with Crippen LogP contribution >= 0.6 is 0 Å². The summed E-state index contributed by atoms with van der Waals surface area (Å²) in [6.45, 7) is 2.14. The Morgan fingerprint density at radius 2 is 1.94 bits per heavy atom. The number of hydrogen-bond donors (Lipinski definition) is 1. The Labute approximate surface area is 108 Å². The minimum absolute atomic E-state index is 0.186. The molecule has 0 amide bonds. The second kappa shape index (κ2) is 5.65. The summed E-state index contributed by atoms with van der Waals surface area (Å²) in [5.41, 5.74) is 9.62. The normalized spacial score (nSPS) is 12.2. The van der Waals surface area contributed by atoms with Crippen LogP contribution in [0.2, 0.25) is 0 Å². The first-order valence-corrected chi connectivity index (χ1v) is 6.08. The number of aromatic nitrogens is 1. The number of rotatable bonds is 4. The van der Waals surface area contributed by atoms with Crippen molar-refractivity contribution in [2.45, 2.75) is 19.4 Å². The third-order valence-corrected chi connectivity index (χ3v) is 3.12. The Kier molecular flexibility index (Phi) is 3.95. The molecule has 0 aliphatic rings. The molecular weight excluding hydrogens is 224 g/mol. The van der Waals surface area contributed by atoms with E-state index in [9.17, 15) is 0 Å². The third-order valence-electron chi connectivity index (χ3n) is 3.12. The van der Waals surface area contributed by atoms with Gasteiger partial charge in [-0.1, -0.05) is 31.2 Å². The highest BCUT2D eigenvalue weighted by molar-refractivity contribution is 5.39. The van der Waals surface area contributed by atoms with Gasteiger partial charge in [0.05, 0.1) is 19.3 Å². The molecule has 0 saturated carbocycles. The average Bonchev–Trinajstić information content (AvgIpc) is 2.46. The Balaban J connectivity index is 2.31. The van der Waals surface area contributed by atoms with Crippen LogP contribution in [-0.4, -0.2) is 12.1 Å². The van der Waals surface area contributed by atoms with Gasteiger partial charge in [-0.3, -0.25) is 4.98 Å². The van der Waals surface area contributed by atoms with Crippen LogP contribution in [-0.2, 0) is 6.42 Å². The molecule has 0 aliphatic heterocycles. The number of benzene rings is 1. The Hall–Kier alpha value is -1.87. The van der Waals surface area contributed by atoms with Gasteiger partial charge in [-0.15, -0.1) is 0 Å². The first-order chi connectivity index (χ1) is 8.76. The van der Waals surface area contributed by atoms with Crippen LogP contribution in [0, 0.1) is 0 Å². The van der Waals surface area contributed by atoms with Crippen molar-refractivity contribution in [3.05, 3.63) is 59.4 Å². The largest absolute Gasteiger partial charge is 0.495 e. The lowest BCUT2D eigenvalue weighted by Crippen LogP contribution is -2.13. The topological polar surface area (TPSA) is 48.1 Å². The van der Waals surface area contributed by atoms with Crippen LogP contribution in [0.5, 0.6) is 5.75 Å². The maximum atomic E-state index is 6.28. The third kappa shape index (κ3) is 2.51. The summed E-state index contributed by atoms with van der Waals surface area (Å²) >= 11 is 0. The lowest BCUT2D eigenvalue weighted by Gasteiger charge is -2.15. The van der Waals surface area contributed by atoms with Crippen molar-refractivity contribution in [1.82, 2.24) is 4.98 Å². The Morgan fingerprint density at radius 3 is 2.56 bits per heavy atom. The van der Waals surface area contributed by atoms with Crippen LogP contribution < -0.4 is 10.5 Å². The fraction of sp³-hybridized carbons (Fsp3) is 0.267. The van der Waals surface area contributed by atoms with Gasteiger partial charge in [0.15, 0.2) is 0 Å². The molecule has 1 aromatic heterocycles. The van der Waals surface area contributed by atoms with Crippen molar-refractivity contribution in [3.63, 3.8) is 0 Å². The molecule has 0 radical (unpaired) electrons. The van der Waals surface area contributed by atoms with E-state index in [-0.39, 0.29) is 6.04 Å². The van der Waals surface area contributed by atoms with Gasteiger partial charge in [0.25, 0.3) is 0 Å². The van der Waals surface area contributed by atoms with E-state index >= 15 is 0 Å². The van der Waals surface area contributed by atoms with Crippen molar-refractivity contribution in [2.24, 2.45) is 5.73 Å². The predicted molar refractivity (Wildman–Crippen MR) is 72.6 cm³/mol. The average molecular weight is 242 g/mol. The predicted octanol–water partition coefficient (Wildman–Crippen LogP) is 2.70. The molecule has 1 atom stereocenters. The molecule has 3 nitrogen and oxygen atoms in total. The quantitative estimate of drug-likeness (QED) is 0.896. The minimum Gasteiger partial charge on any atom is -0.495 e. The maximum absolute atomic E-state index is 6.28. The fourth-order valence-corrected chi connectivity index (χ4v) is 1.96. The van der Waals surface area contributed by atoms with Gasteiger partial charge in [0.1, 0.15) is 5.75 Å². The van der Waals surface area contributed by atoms with Crippen LogP contribution in [0.25, 0.3) is 0 Å². The maximum Gasteiger partial charge on any atom is 0.142 e. The van der Waals surface area contributed by atoms with E-state index < -0.39 is 0 Å². The van der Waals surface area contributed by atoms with E-state index in [1.807, 2.05) is 6.07 Å². The van der Waals surface area contributed by atoms with E-state index in [4.69, 9.17) is 10.5 Å². The second-order valence-corrected chi connectivity index (χ2v) is 4.19. The van der Waals surface area contributed by atoms with Crippen LogP contribution in [0.3, 0.4) is 0 Å². The summed E-state index contributed by atoms with van der Waals surface area (Å²) < 4.78 is 5.29. The molecule has 94 valence electrons. The summed E-state index contributed by atoms with van der Waals surface area (Å²) in [4.78, 5) is 4.04. The molecule has 1 aromatic carbocycles. The number of hydrogen-bond acceptors (Lipinski definition) is 3. The summed E-state index contributed by atoms with van der Waals surface area (Å²) in [5.74, 6) is 0.726. The molecular formula is C15H18N2O. The zero-order chi connectivity index (χ0) is 13.0. The van der Waals surface area contributed by atoms with Crippen molar-refractivity contribution >= 4 is 0 Å². The molecule has 2 rings (SSSR count). The minimum atomic E-state index is -0.186. The van der Waals surface area contributed by atoms with Gasteiger partial charge < -0.3 is 10.5 Å². The van der Waals surface area contributed by atoms with Gasteiger partial charge in [0, 0.05) is 11.8 Å². The van der Waals surface area contributed by atoms with Crippen LogP contribution in [0.4, 0.5) is 0 Å². The SMILES string of the molecule is CCc1ccc(C(N)c2ccncc2OC)cc1. The van der Waals surface area contributed by atoms with E-state index in [0.29, 0.717) is 0 Å². The van der Waals surface area contributed by atoms with Crippen molar-refractivity contribution in [2.75, 3.05) is 7.11 Å². The zero-order valence-electron chi connectivity index (χ0n) is 10.8. The first-order valence-electron chi connectivity index (χ1n) is 6.08. The molecule has 18 heavy (non-hydrogen) atoms. The molecule has 2 N–H and O–H groups in total. The van der Waals surface area contributed by atoms with E-state index in [1.54, 1.807) is 19.5 Å². The van der Waals surface area contributed by atoms with Crippen LogP contribution in [0.1, 0.15) is 29.7 Å². The molecule has 0 spiro atoms. The number of nitrogens with zero attached hydrogens (tertiary/aromatic N) is 1. The first kappa shape index (κ1) is 12.6. The zero-order valence-corrected chi connectivity index (χ0v) is 10.8. The number of aryl methyl sites for hydroxylation is 1. The fourth-order valence-electron chi connectivity index (χ4n) is 1.96. The lowest BCUT2D eigenvalue weighted by atomic mass is 9.98. The number of nitrogens with two attached hydrogens (primary N) is 1. The molecule has 1 unspecified atom stereocenters. The van der Waals surface area contributed by atoms with Gasteiger partial charge in [-0.25, -0.2) is 0 Å². The highest BCUT2D eigenvalue weighted by Gasteiger charge is 2.13. The molecule has 0 fully saturated rings. The standard InChI is InChI=1S/C15H18N2O/c1-3-11-4-6-12(7-5-11)15(16)13-8-9-17-10-14(13)18-2/h4-10,15H,3,16H2,1-2H3. The number of pyridine rings is 1. The van der Waals surface area contributed by atoms with Crippen molar-refractivity contribution in [1.29, 1.82) is 0 Å². The summed E-state index contributed by atoms with van der Waals surface area (Å²) in [6, 6.07) is 10.1. The Bertz CT molecular complexity index is 508. The van der Waals surface area contributed by atoms with E-state index in [2.05, 4.69) is 36.2 Å². The summed E-state index contributed by atoms with van der Waals surface area (Å²) in [5, 5.41) is 0. The van der Waals surface area contributed by atoms with Gasteiger partial charge >= 0.3 is 0 Å². The monoisotopic (exact) mass is 242 g/mol. The second-order valence-electron chi connectivity index (χ2n) is 4.19. The smallest absolute Gasteiger partial charge is 0.142 e. The number of methoxy groups -OCH3 is 1. The molecule has 0 bridgehead atoms. The molecule has 0 aliphatic carbocycles. The molecule has 3 heteroatoms. The highest BCUT2D eigenvalue weighted by atomic mass is 16.5. The van der Waals surface area contributed by atoms with Crippen molar-refractivity contribution in [3.8, 4) is 5.75 Å². The van der Waals surface area contributed by atoms with Crippen LogP contribution in [0.15, 0.2) is 42.7 Å². The van der Waals surface area contributed by atoms with E-state index in [1.165, 1.54) is 5.56 Å². The van der Waals surface area contributed by atoms with Gasteiger partial charge in [0.2, 0.25) is 0 Å². The van der Waals surface area contributed by atoms with Gasteiger partial charge in [-0.2, -0.15) is 0 Å². The lowest BCUT2D eigenvalue weighted by molar-refractivity contribution is 0.406. The highest BCUT2D eigenvalue weighted by Crippen LogP contribution is 2.27. The molecule has 0 saturated heterocycles. The number of ether oxygens (including phenoxy) is 1. The molecule has 1 heterocycles.